The van der Waals surface area contributed by atoms with E-state index in [9.17, 15) is 0 Å². The van der Waals surface area contributed by atoms with E-state index in [-0.39, 0.29) is 0 Å². The number of hydrogen-bond donors (Lipinski definition) is 1. The van der Waals surface area contributed by atoms with Crippen LogP contribution in [0.15, 0.2) is 42.6 Å². The van der Waals surface area contributed by atoms with Gasteiger partial charge in [0, 0.05) is 15.7 Å². The summed E-state index contributed by atoms with van der Waals surface area (Å²) in [7, 11) is 0. The predicted octanol–water partition coefficient (Wildman–Crippen LogP) is 2.77. The first kappa shape index (κ1) is 13.3. The minimum atomic E-state index is 0.564. The molecule has 0 radical (unpaired) electrons. The van der Waals surface area contributed by atoms with Crippen molar-refractivity contribution in [2.24, 2.45) is 5.73 Å². The Balaban J connectivity index is 1.91. The summed E-state index contributed by atoms with van der Waals surface area (Å²) in [4.78, 5) is 4.29. The van der Waals surface area contributed by atoms with Gasteiger partial charge in [0.1, 0.15) is 12.4 Å². The Hall–Kier alpha value is -1.14. The number of halogens is 1. The van der Waals surface area contributed by atoms with Gasteiger partial charge in [0.25, 0.3) is 0 Å². The molecule has 2 rings (SSSR count). The maximum Gasteiger partial charge on any atom is 0.138 e. The molecule has 0 fully saturated rings. The first-order chi connectivity index (χ1) is 8.78. The Morgan fingerprint density at radius 2 is 1.89 bits per heavy atom. The van der Waals surface area contributed by atoms with Gasteiger partial charge < -0.3 is 10.5 Å². The third-order valence-electron chi connectivity index (χ3n) is 2.52. The monoisotopic (exact) mass is 354 g/mol. The topological polar surface area (TPSA) is 48.1 Å². The average molecular weight is 354 g/mol. The van der Waals surface area contributed by atoms with E-state index in [0.29, 0.717) is 13.2 Å². The van der Waals surface area contributed by atoms with Gasteiger partial charge in [-0.25, -0.2) is 0 Å². The van der Waals surface area contributed by atoms with Crippen molar-refractivity contribution < 1.29 is 4.74 Å². The van der Waals surface area contributed by atoms with Crippen molar-refractivity contribution in [3.63, 3.8) is 0 Å². The summed E-state index contributed by atoms with van der Waals surface area (Å²) in [5.74, 6) is 0.786. The normalized spacial score (nSPS) is 10.3. The van der Waals surface area contributed by atoms with Crippen LogP contribution >= 0.6 is 22.6 Å². The summed E-state index contributed by atoms with van der Waals surface area (Å²) in [5, 5.41) is 0. The van der Waals surface area contributed by atoms with Crippen LogP contribution in [-0.4, -0.2) is 11.5 Å². The van der Waals surface area contributed by atoms with Crippen molar-refractivity contribution in [1.82, 2.24) is 4.98 Å². The zero-order chi connectivity index (χ0) is 12.8. The number of hydrogen-bond acceptors (Lipinski definition) is 3. The standard InChI is InChI=1S/C14H15IN2O/c15-12-3-1-11(2-4-12)10-18-14-6-5-13(7-8-16)17-9-14/h1-6,9H,7-8,10,16H2. The van der Waals surface area contributed by atoms with Crippen LogP contribution in [0.2, 0.25) is 0 Å². The van der Waals surface area contributed by atoms with Crippen molar-refractivity contribution in [2.75, 3.05) is 6.54 Å². The minimum absolute atomic E-state index is 0.564. The van der Waals surface area contributed by atoms with Crippen LogP contribution in [0.5, 0.6) is 5.75 Å². The molecule has 0 spiro atoms. The number of pyridine rings is 1. The van der Waals surface area contributed by atoms with E-state index >= 15 is 0 Å². The van der Waals surface area contributed by atoms with Crippen LogP contribution in [0.1, 0.15) is 11.3 Å². The number of rotatable bonds is 5. The highest BCUT2D eigenvalue weighted by Crippen LogP contribution is 2.13. The highest BCUT2D eigenvalue weighted by atomic mass is 127. The van der Waals surface area contributed by atoms with E-state index in [0.717, 1.165) is 23.4 Å². The molecule has 94 valence electrons. The van der Waals surface area contributed by atoms with Crippen LogP contribution in [0, 0.1) is 3.57 Å². The van der Waals surface area contributed by atoms with E-state index in [1.54, 1.807) is 6.20 Å². The number of nitrogens with zero attached hydrogens (tertiary/aromatic N) is 1. The van der Waals surface area contributed by atoms with Crippen molar-refractivity contribution in [3.05, 3.63) is 57.4 Å². The predicted molar refractivity (Wildman–Crippen MR) is 80.5 cm³/mol. The molecule has 0 aliphatic carbocycles. The number of benzene rings is 1. The van der Waals surface area contributed by atoms with Gasteiger partial charge in [-0.1, -0.05) is 12.1 Å². The first-order valence-corrected chi connectivity index (χ1v) is 6.88. The summed E-state index contributed by atoms with van der Waals surface area (Å²) < 4.78 is 6.89. The molecule has 2 N–H and O–H groups in total. The fourth-order valence-corrected chi connectivity index (χ4v) is 1.90. The van der Waals surface area contributed by atoms with Crippen LogP contribution in [0.3, 0.4) is 0 Å². The Bertz CT molecular complexity index is 482. The lowest BCUT2D eigenvalue weighted by Gasteiger charge is -2.06. The molecule has 0 saturated heterocycles. The van der Waals surface area contributed by atoms with Gasteiger partial charge >= 0.3 is 0 Å². The lowest BCUT2D eigenvalue weighted by molar-refractivity contribution is 0.305. The van der Waals surface area contributed by atoms with Gasteiger partial charge in [0.05, 0.1) is 6.20 Å². The molecule has 0 aliphatic rings. The zero-order valence-corrected chi connectivity index (χ0v) is 12.1. The maximum absolute atomic E-state index is 5.67. The third kappa shape index (κ3) is 3.96. The number of nitrogens with two attached hydrogens (primary N) is 1. The summed E-state index contributed by atoms with van der Waals surface area (Å²) >= 11 is 2.29. The zero-order valence-electron chi connectivity index (χ0n) is 9.97. The lowest BCUT2D eigenvalue weighted by atomic mass is 10.2. The molecule has 0 saturated carbocycles. The van der Waals surface area contributed by atoms with Crippen LogP contribution in [0.4, 0.5) is 0 Å². The van der Waals surface area contributed by atoms with E-state index in [4.69, 9.17) is 10.5 Å². The Morgan fingerprint density at radius 3 is 2.50 bits per heavy atom. The average Bonchev–Trinajstić information content (AvgIpc) is 2.40. The summed E-state index contributed by atoms with van der Waals surface area (Å²) in [6, 6.07) is 12.2. The van der Waals surface area contributed by atoms with Gasteiger partial charge in [-0.3, -0.25) is 4.98 Å². The summed E-state index contributed by atoms with van der Waals surface area (Å²) in [6.45, 7) is 1.19. The fraction of sp³-hybridized carbons (Fsp3) is 0.214. The maximum atomic E-state index is 5.67. The molecule has 0 amide bonds. The Kier molecular flexibility index (Phi) is 4.95. The van der Waals surface area contributed by atoms with Crippen LogP contribution in [-0.2, 0) is 13.0 Å². The van der Waals surface area contributed by atoms with Crippen molar-refractivity contribution in [2.45, 2.75) is 13.0 Å². The molecule has 4 heteroatoms. The fourth-order valence-electron chi connectivity index (χ4n) is 1.54. The number of ether oxygens (including phenoxy) is 1. The summed E-state index contributed by atoms with van der Waals surface area (Å²) in [6.07, 6.45) is 2.55. The second kappa shape index (κ2) is 6.70. The number of aromatic nitrogens is 1. The summed E-state index contributed by atoms with van der Waals surface area (Å²) in [5.41, 5.74) is 7.63. The molecular weight excluding hydrogens is 339 g/mol. The molecule has 1 heterocycles. The molecule has 0 aliphatic heterocycles. The molecular formula is C14H15IN2O. The molecule has 18 heavy (non-hydrogen) atoms. The Labute approximate surface area is 121 Å². The first-order valence-electron chi connectivity index (χ1n) is 5.80. The van der Waals surface area contributed by atoms with Crippen molar-refractivity contribution >= 4 is 22.6 Å². The van der Waals surface area contributed by atoms with E-state index < -0.39 is 0 Å². The quantitative estimate of drug-likeness (QED) is 0.840. The SMILES string of the molecule is NCCc1ccc(OCc2ccc(I)cc2)cn1. The van der Waals surface area contributed by atoms with Gasteiger partial charge in [0.2, 0.25) is 0 Å². The molecule has 3 nitrogen and oxygen atoms in total. The molecule has 0 bridgehead atoms. The second-order valence-electron chi connectivity index (χ2n) is 3.94. The molecule has 2 aromatic rings. The highest BCUT2D eigenvalue weighted by Gasteiger charge is 1.98. The molecule has 1 aromatic carbocycles. The highest BCUT2D eigenvalue weighted by molar-refractivity contribution is 14.1. The molecule has 1 aromatic heterocycles. The van der Waals surface area contributed by atoms with Gasteiger partial charge in [0.15, 0.2) is 0 Å². The van der Waals surface area contributed by atoms with E-state index in [1.165, 1.54) is 3.57 Å². The van der Waals surface area contributed by atoms with Gasteiger partial charge in [-0.2, -0.15) is 0 Å². The van der Waals surface area contributed by atoms with Crippen LogP contribution in [0.25, 0.3) is 0 Å². The van der Waals surface area contributed by atoms with E-state index in [2.05, 4.69) is 51.8 Å². The van der Waals surface area contributed by atoms with Gasteiger partial charge in [-0.05, 0) is 59.0 Å². The largest absolute Gasteiger partial charge is 0.487 e. The smallest absolute Gasteiger partial charge is 0.138 e. The molecule has 0 unspecified atom stereocenters. The lowest BCUT2D eigenvalue weighted by Crippen LogP contribution is -2.04. The van der Waals surface area contributed by atoms with Crippen molar-refractivity contribution in [3.8, 4) is 5.75 Å². The Morgan fingerprint density at radius 1 is 1.11 bits per heavy atom. The molecule has 0 atom stereocenters. The second-order valence-corrected chi connectivity index (χ2v) is 5.18. The minimum Gasteiger partial charge on any atom is -0.487 e. The van der Waals surface area contributed by atoms with Crippen molar-refractivity contribution in [1.29, 1.82) is 0 Å². The third-order valence-corrected chi connectivity index (χ3v) is 3.24. The van der Waals surface area contributed by atoms with E-state index in [1.807, 2.05) is 12.1 Å². The van der Waals surface area contributed by atoms with Gasteiger partial charge in [-0.15, -0.1) is 0 Å². The van der Waals surface area contributed by atoms with Crippen LogP contribution < -0.4 is 10.5 Å².